The van der Waals surface area contributed by atoms with Crippen LogP contribution in [0.5, 0.6) is 0 Å². The standard InChI is InChI=1S/C8H19NO2S/c1-7(4-5-11-3)12(10)8(2)6-9/h7-8H,4-6,9H2,1-3H3. The second-order valence-electron chi connectivity index (χ2n) is 2.97. The van der Waals surface area contributed by atoms with Crippen LogP contribution in [0.3, 0.4) is 0 Å². The van der Waals surface area contributed by atoms with Crippen LogP contribution in [0, 0.1) is 0 Å². The Hall–Kier alpha value is 0.0700. The Morgan fingerprint density at radius 3 is 2.42 bits per heavy atom. The van der Waals surface area contributed by atoms with E-state index in [4.69, 9.17) is 10.5 Å². The minimum atomic E-state index is -0.816. The van der Waals surface area contributed by atoms with Gasteiger partial charge in [0.25, 0.3) is 0 Å². The van der Waals surface area contributed by atoms with Gasteiger partial charge in [-0.15, -0.1) is 0 Å². The molecule has 0 aromatic heterocycles. The lowest BCUT2D eigenvalue weighted by atomic mass is 10.3. The maximum Gasteiger partial charge on any atom is 0.0473 e. The summed E-state index contributed by atoms with van der Waals surface area (Å²) in [4.78, 5) is 0. The molecule has 3 atom stereocenters. The molecule has 4 heteroatoms. The number of hydrogen-bond acceptors (Lipinski definition) is 3. The summed E-state index contributed by atoms with van der Waals surface area (Å²) in [6.07, 6.45) is 0.841. The summed E-state index contributed by atoms with van der Waals surface area (Å²) in [5.74, 6) is 0. The number of nitrogens with two attached hydrogens (primary N) is 1. The summed E-state index contributed by atoms with van der Waals surface area (Å²) in [6, 6.07) is 0. The molecule has 0 aliphatic rings. The molecular weight excluding hydrogens is 174 g/mol. The molecule has 3 nitrogen and oxygen atoms in total. The van der Waals surface area contributed by atoms with Crippen LogP contribution in [0.4, 0.5) is 0 Å². The van der Waals surface area contributed by atoms with E-state index in [9.17, 15) is 4.21 Å². The zero-order valence-corrected chi connectivity index (χ0v) is 8.89. The highest BCUT2D eigenvalue weighted by molar-refractivity contribution is 7.86. The molecule has 0 aromatic carbocycles. The average molecular weight is 193 g/mol. The molecule has 0 aromatic rings. The van der Waals surface area contributed by atoms with Gasteiger partial charge in [0.15, 0.2) is 0 Å². The molecule has 0 amide bonds. The van der Waals surface area contributed by atoms with Gasteiger partial charge in [0.2, 0.25) is 0 Å². The fourth-order valence-corrected chi connectivity index (χ4v) is 2.20. The Morgan fingerprint density at radius 2 is 2.00 bits per heavy atom. The Morgan fingerprint density at radius 1 is 1.42 bits per heavy atom. The Kier molecular flexibility index (Phi) is 6.61. The monoisotopic (exact) mass is 193 g/mol. The lowest BCUT2D eigenvalue weighted by Crippen LogP contribution is -2.28. The van der Waals surface area contributed by atoms with Crippen LogP contribution in [0.25, 0.3) is 0 Å². The van der Waals surface area contributed by atoms with E-state index in [2.05, 4.69) is 0 Å². The van der Waals surface area contributed by atoms with Crippen molar-refractivity contribution in [3.63, 3.8) is 0 Å². The molecule has 3 unspecified atom stereocenters. The van der Waals surface area contributed by atoms with E-state index in [-0.39, 0.29) is 10.5 Å². The van der Waals surface area contributed by atoms with Gasteiger partial charge >= 0.3 is 0 Å². The molecule has 12 heavy (non-hydrogen) atoms. The van der Waals surface area contributed by atoms with Crippen LogP contribution < -0.4 is 5.73 Å². The first-order valence-electron chi connectivity index (χ1n) is 4.21. The van der Waals surface area contributed by atoms with Crippen molar-refractivity contribution in [1.29, 1.82) is 0 Å². The average Bonchev–Trinajstić information content (AvgIpc) is 2.11. The van der Waals surface area contributed by atoms with Gasteiger partial charge in [0.05, 0.1) is 0 Å². The number of rotatable bonds is 6. The van der Waals surface area contributed by atoms with Crippen LogP contribution in [0.1, 0.15) is 20.3 Å². The lowest BCUT2D eigenvalue weighted by molar-refractivity contribution is 0.195. The molecule has 0 aliphatic carbocycles. The second-order valence-corrected chi connectivity index (χ2v) is 5.23. The lowest BCUT2D eigenvalue weighted by Gasteiger charge is -2.15. The largest absolute Gasteiger partial charge is 0.385 e. The molecule has 0 fully saturated rings. The highest BCUT2D eigenvalue weighted by atomic mass is 32.2. The fourth-order valence-electron chi connectivity index (χ4n) is 0.891. The van der Waals surface area contributed by atoms with E-state index >= 15 is 0 Å². The van der Waals surface area contributed by atoms with E-state index in [1.807, 2.05) is 13.8 Å². The van der Waals surface area contributed by atoms with Gasteiger partial charge in [-0.2, -0.15) is 0 Å². The minimum Gasteiger partial charge on any atom is -0.385 e. The van der Waals surface area contributed by atoms with E-state index in [1.54, 1.807) is 7.11 Å². The van der Waals surface area contributed by atoms with Gasteiger partial charge in [-0.25, -0.2) is 0 Å². The summed E-state index contributed by atoms with van der Waals surface area (Å²) in [6.45, 7) is 5.05. The van der Waals surface area contributed by atoms with Gasteiger partial charge in [0.1, 0.15) is 0 Å². The van der Waals surface area contributed by atoms with Crippen molar-refractivity contribution in [1.82, 2.24) is 0 Å². The SMILES string of the molecule is COCCC(C)S(=O)C(C)CN. The predicted molar refractivity (Wildman–Crippen MR) is 52.6 cm³/mol. The normalized spacial score (nSPS) is 18.7. The Balaban J connectivity index is 3.75. The van der Waals surface area contributed by atoms with Crippen molar-refractivity contribution in [2.24, 2.45) is 5.73 Å². The van der Waals surface area contributed by atoms with E-state index < -0.39 is 10.8 Å². The summed E-state index contributed by atoms with van der Waals surface area (Å²) in [7, 11) is 0.839. The maximum absolute atomic E-state index is 11.6. The van der Waals surface area contributed by atoms with Gasteiger partial charge < -0.3 is 10.5 Å². The third kappa shape index (κ3) is 4.18. The molecule has 0 aliphatic heterocycles. The van der Waals surface area contributed by atoms with Crippen LogP contribution >= 0.6 is 0 Å². The molecule has 2 N–H and O–H groups in total. The topological polar surface area (TPSA) is 52.3 Å². The van der Waals surface area contributed by atoms with Gasteiger partial charge in [-0.3, -0.25) is 4.21 Å². The van der Waals surface area contributed by atoms with E-state index in [1.165, 1.54) is 0 Å². The van der Waals surface area contributed by atoms with Crippen molar-refractivity contribution < 1.29 is 8.95 Å². The molecule has 0 bridgehead atoms. The maximum atomic E-state index is 11.6. The van der Waals surface area contributed by atoms with Crippen LogP contribution in [0.2, 0.25) is 0 Å². The van der Waals surface area contributed by atoms with Crippen LogP contribution in [0.15, 0.2) is 0 Å². The molecule has 0 radical (unpaired) electrons. The zero-order valence-electron chi connectivity index (χ0n) is 8.08. The first-order chi connectivity index (χ1) is 5.63. The summed E-state index contributed by atoms with van der Waals surface area (Å²) >= 11 is 0. The summed E-state index contributed by atoms with van der Waals surface area (Å²) in [5.41, 5.74) is 5.42. The van der Waals surface area contributed by atoms with Gasteiger partial charge in [0, 0.05) is 41.6 Å². The minimum absolute atomic E-state index is 0.0943. The number of ether oxygens (including phenoxy) is 1. The zero-order chi connectivity index (χ0) is 9.56. The predicted octanol–water partition coefficient (Wildman–Crippen LogP) is 0.507. The number of hydrogen-bond donors (Lipinski definition) is 1. The first kappa shape index (κ1) is 12.1. The van der Waals surface area contributed by atoms with Crippen molar-refractivity contribution in [2.75, 3.05) is 20.3 Å². The summed E-state index contributed by atoms with van der Waals surface area (Å²) in [5, 5.41) is 0.278. The Labute approximate surface area is 77.1 Å². The summed E-state index contributed by atoms with van der Waals surface area (Å²) < 4.78 is 16.5. The third-order valence-electron chi connectivity index (χ3n) is 1.85. The molecule has 0 spiro atoms. The van der Waals surface area contributed by atoms with Gasteiger partial charge in [-0.1, -0.05) is 6.92 Å². The molecule has 0 saturated heterocycles. The molecule has 74 valence electrons. The van der Waals surface area contributed by atoms with Crippen LogP contribution in [-0.2, 0) is 15.5 Å². The third-order valence-corrected chi connectivity index (χ3v) is 3.87. The second kappa shape index (κ2) is 6.57. The molecular formula is C8H19NO2S. The van der Waals surface area contributed by atoms with E-state index in [0.717, 1.165) is 6.42 Å². The smallest absolute Gasteiger partial charge is 0.0473 e. The molecule has 0 rings (SSSR count). The highest BCUT2D eigenvalue weighted by Gasteiger charge is 2.16. The van der Waals surface area contributed by atoms with Crippen molar-refractivity contribution >= 4 is 10.8 Å². The van der Waals surface area contributed by atoms with E-state index in [0.29, 0.717) is 13.2 Å². The quantitative estimate of drug-likeness (QED) is 0.668. The fraction of sp³-hybridized carbons (Fsp3) is 1.00. The van der Waals surface area contributed by atoms with Crippen molar-refractivity contribution in [3.8, 4) is 0 Å². The molecule has 0 saturated carbocycles. The number of methoxy groups -OCH3 is 1. The highest BCUT2D eigenvalue weighted by Crippen LogP contribution is 2.06. The first-order valence-corrected chi connectivity index (χ1v) is 5.49. The molecule has 0 heterocycles. The van der Waals surface area contributed by atoms with Crippen LogP contribution in [-0.4, -0.2) is 35.0 Å². The van der Waals surface area contributed by atoms with Crippen molar-refractivity contribution in [3.05, 3.63) is 0 Å². The van der Waals surface area contributed by atoms with Gasteiger partial charge in [-0.05, 0) is 13.3 Å². The Bertz CT molecular complexity index is 141. The van der Waals surface area contributed by atoms with Crippen molar-refractivity contribution in [2.45, 2.75) is 30.8 Å².